The lowest BCUT2D eigenvalue weighted by molar-refractivity contribution is -0.112. The maximum Gasteiger partial charge on any atom is 0.343 e. The van der Waals surface area contributed by atoms with Crippen LogP contribution in [0.5, 0.6) is 5.75 Å². The van der Waals surface area contributed by atoms with Gasteiger partial charge in [-0.25, -0.2) is 4.79 Å². The van der Waals surface area contributed by atoms with Crippen molar-refractivity contribution in [3.63, 3.8) is 0 Å². The van der Waals surface area contributed by atoms with Gasteiger partial charge in [-0.1, -0.05) is 23.7 Å². The van der Waals surface area contributed by atoms with Gasteiger partial charge in [-0.15, -0.1) is 0 Å². The van der Waals surface area contributed by atoms with Crippen LogP contribution in [0, 0.1) is 18.3 Å². The van der Waals surface area contributed by atoms with Gasteiger partial charge < -0.3 is 10.1 Å². The molecule has 0 aliphatic carbocycles. The first kappa shape index (κ1) is 23.7. The quantitative estimate of drug-likeness (QED) is 0.155. The van der Waals surface area contributed by atoms with Gasteiger partial charge in [0.25, 0.3) is 5.91 Å². The standard InChI is InChI=1S/C24H15Br2ClN2O3/c1-14-9-20(25)22(21(26)10-14)29-23(30)17(13-28)11-15-3-2-4-19(12-15)32-24(31)16-5-7-18(27)8-6-16/h2-12H,1H3,(H,29,30)/b17-11+. The molecule has 3 rings (SSSR count). The number of benzene rings is 3. The van der Waals surface area contributed by atoms with Crippen LogP contribution in [0.25, 0.3) is 6.08 Å². The summed E-state index contributed by atoms with van der Waals surface area (Å²) in [4.78, 5) is 25.0. The third-order valence-corrected chi connectivity index (χ3v) is 5.75. The minimum Gasteiger partial charge on any atom is -0.423 e. The first-order valence-corrected chi connectivity index (χ1v) is 11.2. The summed E-state index contributed by atoms with van der Waals surface area (Å²) in [6.07, 6.45) is 1.42. The van der Waals surface area contributed by atoms with E-state index in [2.05, 4.69) is 37.2 Å². The Kier molecular flexibility index (Phi) is 7.86. The van der Waals surface area contributed by atoms with Crippen LogP contribution in [0.2, 0.25) is 5.02 Å². The number of carbonyl (C=O) groups is 2. The molecule has 8 heteroatoms. The summed E-state index contributed by atoms with van der Waals surface area (Å²) in [5.41, 5.74) is 2.29. The number of anilines is 1. The molecule has 5 nitrogen and oxygen atoms in total. The second-order valence-electron chi connectivity index (χ2n) is 6.70. The number of ether oxygens (including phenoxy) is 1. The number of esters is 1. The summed E-state index contributed by atoms with van der Waals surface area (Å²) in [5.74, 6) is -0.836. The van der Waals surface area contributed by atoms with Gasteiger partial charge >= 0.3 is 5.97 Å². The van der Waals surface area contributed by atoms with E-state index in [9.17, 15) is 14.9 Å². The molecule has 0 radical (unpaired) electrons. The number of nitrogens with one attached hydrogen (secondary N) is 1. The Hall–Kier alpha value is -2.92. The molecular weight excluding hydrogens is 560 g/mol. The van der Waals surface area contributed by atoms with E-state index in [4.69, 9.17) is 16.3 Å². The lowest BCUT2D eigenvalue weighted by Crippen LogP contribution is -2.14. The second kappa shape index (κ2) is 10.6. The van der Waals surface area contributed by atoms with Crippen molar-refractivity contribution in [3.05, 3.63) is 96.9 Å². The van der Waals surface area contributed by atoms with Crippen molar-refractivity contribution in [2.24, 2.45) is 0 Å². The minimum absolute atomic E-state index is 0.106. The number of halogens is 3. The molecule has 0 spiro atoms. The molecule has 0 bridgehead atoms. The van der Waals surface area contributed by atoms with Crippen LogP contribution in [0.4, 0.5) is 5.69 Å². The van der Waals surface area contributed by atoms with E-state index in [1.165, 1.54) is 6.08 Å². The van der Waals surface area contributed by atoms with Crippen molar-refractivity contribution in [1.82, 2.24) is 0 Å². The summed E-state index contributed by atoms with van der Waals surface area (Å²) in [7, 11) is 0. The van der Waals surface area contributed by atoms with Crippen LogP contribution in [0.3, 0.4) is 0 Å². The summed E-state index contributed by atoms with van der Waals surface area (Å²) in [6.45, 7) is 1.93. The summed E-state index contributed by atoms with van der Waals surface area (Å²) >= 11 is 12.7. The Bertz CT molecular complexity index is 1240. The summed E-state index contributed by atoms with van der Waals surface area (Å²) in [6, 6.07) is 18.5. The van der Waals surface area contributed by atoms with Crippen molar-refractivity contribution in [1.29, 1.82) is 5.26 Å². The number of amides is 1. The van der Waals surface area contributed by atoms with Gasteiger partial charge in [0, 0.05) is 14.0 Å². The first-order valence-electron chi connectivity index (χ1n) is 9.23. The molecule has 0 heterocycles. The van der Waals surface area contributed by atoms with E-state index >= 15 is 0 Å². The highest BCUT2D eigenvalue weighted by molar-refractivity contribution is 9.11. The predicted molar refractivity (Wildman–Crippen MR) is 132 cm³/mol. The molecule has 0 unspecified atom stereocenters. The highest BCUT2D eigenvalue weighted by Gasteiger charge is 2.15. The van der Waals surface area contributed by atoms with Crippen molar-refractivity contribution in [3.8, 4) is 11.8 Å². The number of hydrogen-bond donors (Lipinski definition) is 1. The van der Waals surface area contributed by atoms with Crippen LogP contribution in [0.1, 0.15) is 21.5 Å². The molecule has 160 valence electrons. The molecule has 1 N–H and O–H groups in total. The van der Waals surface area contributed by atoms with Crippen molar-refractivity contribution in [2.75, 3.05) is 5.32 Å². The lowest BCUT2D eigenvalue weighted by Gasteiger charge is -2.10. The van der Waals surface area contributed by atoms with Crippen LogP contribution in [-0.2, 0) is 4.79 Å². The molecular formula is C24H15Br2ClN2O3. The number of nitrogens with zero attached hydrogens (tertiary/aromatic N) is 1. The molecule has 0 aliphatic rings. The van der Waals surface area contributed by atoms with Gasteiger partial charge in [-0.2, -0.15) is 5.26 Å². The Morgan fingerprint density at radius 2 is 1.72 bits per heavy atom. The molecule has 32 heavy (non-hydrogen) atoms. The normalized spacial score (nSPS) is 10.9. The van der Waals surface area contributed by atoms with Crippen LogP contribution in [0.15, 0.2) is 75.2 Å². The molecule has 0 saturated heterocycles. The van der Waals surface area contributed by atoms with E-state index in [0.29, 0.717) is 30.8 Å². The van der Waals surface area contributed by atoms with E-state index in [0.717, 1.165) is 5.56 Å². The SMILES string of the molecule is Cc1cc(Br)c(NC(=O)/C(C#N)=C/c2cccc(OC(=O)c3ccc(Cl)cc3)c2)c(Br)c1. The molecule has 3 aromatic rings. The Labute approximate surface area is 206 Å². The Morgan fingerprint density at radius 3 is 2.34 bits per heavy atom. The lowest BCUT2D eigenvalue weighted by atomic mass is 10.1. The predicted octanol–water partition coefficient (Wildman–Crippen LogP) is 6.94. The first-order chi connectivity index (χ1) is 15.3. The molecule has 0 fully saturated rings. The van der Waals surface area contributed by atoms with Crippen molar-refractivity contribution >= 4 is 67.1 Å². The molecule has 0 aliphatic heterocycles. The smallest absolute Gasteiger partial charge is 0.343 e. The fourth-order valence-corrected chi connectivity index (χ4v) is 4.47. The Morgan fingerprint density at radius 1 is 1.06 bits per heavy atom. The fraction of sp³-hybridized carbons (Fsp3) is 0.0417. The van der Waals surface area contributed by atoms with Gasteiger partial charge in [-0.3, -0.25) is 4.79 Å². The fourth-order valence-electron chi connectivity index (χ4n) is 2.74. The van der Waals surface area contributed by atoms with Crippen LogP contribution >= 0.6 is 43.5 Å². The van der Waals surface area contributed by atoms with Crippen molar-refractivity contribution in [2.45, 2.75) is 6.92 Å². The zero-order valence-corrected chi connectivity index (χ0v) is 20.6. The Balaban J connectivity index is 1.79. The van der Waals surface area contributed by atoms with Gasteiger partial charge in [0.05, 0.1) is 11.3 Å². The zero-order chi connectivity index (χ0) is 23.3. The van der Waals surface area contributed by atoms with Gasteiger partial charge in [-0.05, 0) is 105 Å². The number of nitriles is 1. The van der Waals surface area contributed by atoms with Gasteiger partial charge in [0.1, 0.15) is 17.4 Å². The van der Waals surface area contributed by atoms with Crippen LogP contribution < -0.4 is 10.1 Å². The summed E-state index contributed by atoms with van der Waals surface area (Å²) < 4.78 is 6.76. The molecule has 0 saturated carbocycles. The average Bonchev–Trinajstić information content (AvgIpc) is 2.75. The maximum absolute atomic E-state index is 12.7. The average molecular weight is 575 g/mol. The highest BCUT2D eigenvalue weighted by Crippen LogP contribution is 2.32. The highest BCUT2D eigenvalue weighted by atomic mass is 79.9. The largest absolute Gasteiger partial charge is 0.423 e. The molecule has 1 amide bonds. The minimum atomic E-state index is -0.568. The second-order valence-corrected chi connectivity index (χ2v) is 8.84. The maximum atomic E-state index is 12.7. The molecule has 0 aromatic heterocycles. The third kappa shape index (κ3) is 6.07. The number of aryl methyl sites for hydroxylation is 1. The zero-order valence-electron chi connectivity index (χ0n) is 16.7. The molecule has 0 atom stereocenters. The number of rotatable bonds is 5. The van der Waals surface area contributed by atoms with Gasteiger partial charge in [0.2, 0.25) is 0 Å². The summed E-state index contributed by atoms with van der Waals surface area (Å²) in [5, 5.41) is 12.8. The molecule has 3 aromatic carbocycles. The van der Waals surface area contributed by atoms with Crippen LogP contribution in [-0.4, -0.2) is 11.9 Å². The number of carbonyl (C=O) groups excluding carboxylic acids is 2. The van der Waals surface area contributed by atoms with Crippen molar-refractivity contribution < 1.29 is 14.3 Å². The topological polar surface area (TPSA) is 79.2 Å². The van der Waals surface area contributed by atoms with Gasteiger partial charge in [0.15, 0.2) is 0 Å². The third-order valence-electron chi connectivity index (χ3n) is 4.25. The monoisotopic (exact) mass is 572 g/mol. The van der Waals surface area contributed by atoms with E-state index in [1.807, 2.05) is 25.1 Å². The van der Waals surface area contributed by atoms with E-state index in [-0.39, 0.29) is 11.3 Å². The van der Waals surface area contributed by atoms with E-state index in [1.54, 1.807) is 48.5 Å². The number of hydrogen-bond acceptors (Lipinski definition) is 4. The van der Waals surface area contributed by atoms with E-state index < -0.39 is 11.9 Å².